The van der Waals surface area contributed by atoms with Crippen molar-refractivity contribution in [2.75, 3.05) is 19.8 Å². The number of hydrogen-bond donors (Lipinski definition) is 0. The van der Waals surface area contributed by atoms with Crippen molar-refractivity contribution < 1.29 is 23.8 Å². The van der Waals surface area contributed by atoms with Gasteiger partial charge < -0.3 is 14.2 Å². The van der Waals surface area contributed by atoms with Gasteiger partial charge in [-0.1, -0.05) is 195 Å². The minimum atomic E-state index is -0.563. The third-order valence-electron chi connectivity index (χ3n) is 10.6. The van der Waals surface area contributed by atoms with E-state index < -0.39 is 6.10 Å². The Labute approximate surface area is 383 Å². The molecular formula is C57H96O5. The summed E-state index contributed by atoms with van der Waals surface area (Å²) in [5, 5.41) is 0. The molecule has 5 nitrogen and oxygen atoms in total. The van der Waals surface area contributed by atoms with E-state index >= 15 is 0 Å². The Morgan fingerprint density at radius 1 is 0.371 bits per heavy atom. The fourth-order valence-electron chi connectivity index (χ4n) is 6.80. The fourth-order valence-corrected chi connectivity index (χ4v) is 6.80. The summed E-state index contributed by atoms with van der Waals surface area (Å²) in [6.07, 6.45) is 69.8. The van der Waals surface area contributed by atoms with E-state index in [1.165, 1.54) is 77.0 Å². The molecule has 5 heteroatoms. The maximum absolute atomic E-state index is 12.8. The third kappa shape index (κ3) is 49.5. The van der Waals surface area contributed by atoms with Crippen LogP contribution in [0.25, 0.3) is 0 Å². The Kier molecular flexibility index (Phi) is 49.5. The van der Waals surface area contributed by atoms with E-state index in [0.29, 0.717) is 19.4 Å². The molecule has 0 spiro atoms. The molecular weight excluding hydrogens is 765 g/mol. The summed E-state index contributed by atoms with van der Waals surface area (Å²) >= 11 is 0. The molecule has 0 aromatic carbocycles. The number of allylic oxidation sites excluding steroid dienone is 16. The predicted octanol–water partition coefficient (Wildman–Crippen LogP) is 17.5. The standard InChI is InChI=1S/C57H96O5/c1-4-7-10-13-16-19-22-25-28-31-34-37-40-43-46-49-52-60-53-55(62-57(59)51-48-45-42-39-36-33-30-27-24-21-18-15-12-9-6-3)54-61-56(58)50-47-44-41-38-35-32-29-26-23-20-17-14-11-8-5-2/h7-8,10-11,16-21,25-30,55H,4-6,9,12-15,22-24,31-54H2,1-3H3/b10-7-,11-8-,19-16-,20-17-,21-18-,28-25-,29-26-,30-27-. The highest BCUT2D eigenvalue weighted by molar-refractivity contribution is 5.70. The molecule has 1 unspecified atom stereocenters. The van der Waals surface area contributed by atoms with Gasteiger partial charge in [-0.15, -0.1) is 0 Å². The molecule has 1 atom stereocenters. The first-order valence-electron chi connectivity index (χ1n) is 25.8. The van der Waals surface area contributed by atoms with E-state index in [4.69, 9.17) is 14.2 Å². The lowest BCUT2D eigenvalue weighted by Crippen LogP contribution is -2.30. The first-order chi connectivity index (χ1) is 30.6. The van der Waals surface area contributed by atoms with Crippen LogP contribution >= 0.6 is 0 Å². The Bertz CT molecular complexity index is 1200. The molecule has 0 aromatic heterocycles. The average Bonchev–Trinajstić information content (AvgIpc) is 3.27. The summed E-state index contributed by atoms with van der Waals surface area (Å²) in [5.74, 6) is -0.443. The normalized spacial score (nSPS) is 13.0. The van der Waals surface area contributed by atoms with Gasteiger partial charge in [0.2, 0.25) is 0 Å². The summed E-state index contributed by atoms with van der Waals surface area (Å²) in [6.45, 7) is 7.52. The van der Waals surface area contributed by atoms with Gasteiger partial charge in [0, 0.05) is 19.4 Å². The Morgan fingerprint density at radius 2 is 0.726 bits per heavy atom. The van der Waals surface area contributed by atoms with Gasteiger partial charge in [0.15, 0.2) is 6.10 Å². The van der Waals surface area contributed by atoms with Gasteiger partial charge in [0.05, 0.1) is 6.61 Å². The molecule has 0 aliphatic heterocycles. The number of unbranched alkanes of at least 4 members (excludes halogenated alkanes) is 19. The number of ether oxygens (including phenoxy) is 3. The SMILES string of the molecule is CC/C=C\C/C=C\C/C=C\CCCCCCCCOCC(COC(=O)CCCCCCC/C=C\C/C=C\C/C=C\CC)OC(=O)CCCCCCC/C=C\C/C=C\CCCCC. The number of hydrogen-bond acceptors (Lipinski definition) is 5. The van der Waals surface area contributed by atoms with E-state index in [9.17, 15) is 9.59 Å². The molecule has 0 radical (unpaired) electrons. The zero-order valence-corrected chi connectivity index (χ0v) is 40.6. The van der Waals surface area contributed by atoms with Gasteiger partial charge in [0.1, 0.15) is 6.61 Å². The maximum Gasteiger partial charge on any atom is 0.306 e. The van der Waals surface area contributed by atoms with Crippen molar-refractivity contribution in [2.24, 2.45) is 0 Å². The monoisotopic (exact) mass is 861 g/mol. The molecule has 0 heterocycles. The van der Waals surface area contributed by atoms with Crippen LogP contribution in [0.4, 0.5) is 0 Å². The van der Waals surface area contributed by atoms with Crippen LogP contribution in [0.3, 0.4) is 0 Å². The largest absolute Gasteiger partial charge is 0.462 e. The van der Waals surface area contributed by atoms with Gasteiger partial charge in [-0.3, -0.25) is 9.59 Å². The zero-order chi connectivity index (χ0) is 44.9. The van der Waals surface area contributed by atoms with Crippen LogP contribution in [0.15, 0.2) is 97.2 Å². The highest BCUT2D eigenvalue weighted by Gasteiger charge is 2.17. The Morgan fingerprint density at radius 3 is 1.16 bits per heavy atom. The highest BCUT2D eigenvalue weighted by Crippen LogP contribution is 2.13. The van der Waals surface area contributed by atoms with E-state index in [2.05, 4.69) is 118 Å². The second kappa shape index (κ2) is 52.2. The molecule has 62 heavy (non-hydrogen) atoms. The summed E-state index contributed by atoms with van der Waals surface area (Å²) < 4.78 is 17.4. The number of carbonyl (C=O) groups is 2. The van der Waals surface area contributed by atoms with E-state index in [-0.39, 0.29) is 25.2 Å². The minimum absolute atomic E-state index is 0.0603. The molecule has 0 saturated carbocycles. The molecule has 0 saturated heterocycles. The quantitative estimate of drug-likeness (QED) is 0.0347. The lowest BCUT2D eigenvalue weighted by Gasteiger charge is -2.18. The molecule has 0 amide bonds. The first kappa shape index (κ1) is 58.8. The molecule has 0 aliphatic rings. The van der Waals surface area contributed by atoms with Crippen LogP contribution in [0, 0.1) is 0 Å². The number of rotatable bonds is 46. The van der Waals surface area contributed by atoms with Crippen LogP contribution in [-0.2, 0) is 23.8 Å². The van der Waals surface area contributed by atoms with Crippen molar-refractivity contribution in [3.05, 3.63) is 97.2 Å². The Hall–Kier alpha value is -3.18. The van der Waals surface area contributed by atoms with Gasteiger partial charge in [-0.05, 0) is 116 Å². The number of esters is 2. The average molecular weight is 861 g/mol. The van der Waals surface area contributed by atoms with Crippen LogP contribution < -0.4 is 0 Å². The van der Waals surface area contributed by atoms with Gasteiger partial charge in [-0.2, -0.15) is 0 Å². The molecule has 0 bridgehead atoms. The molecule has 0 rings (SSSR count). The second-order valence-electron chi connectivity index (χ2n) is 16.7. The molecule has 0 aliphatic carbocycles. The van der Waals surface area contributed by atoms with Crippen molar-refractivity contribution >= 4 is 11.9 Å². The molecule has 0 fully saturated rings. The van der Waals surface area contributed by atoms with Crippen molar-refractivity contribution in [2.45, 2.75) is 232 Å². The topological polar surface area (TPSA) is 61.8 Å². The van der Waals surface area contributed by atoms with Crippen molar-refractivity contribution in [1.29, 1.82) is 0 Å². The smallest absolute Gasteiger partial charge is 0.306 e. The zero-order valence-electron chi connectivity index (χ0n) is 40.6. The van der Waals surface area contributed by atoms with Crippen molar-refractivity contribution in [3.63, 3.8) is 0 Å². The summed E-state index contributed by atoms with van der Waals surface area (Å²) in [5.41, 5.74) is 0. The first-order valence-corrected chi connectivity index (χ1v) is 25.8. The highest BCUT2D eigenvalue weighted by atomic mass is 16.6. The van der Waals surface area contributed by atoms with Gasteiger partial charge >= 0.3 is 11.9 Å². The van der Waals surface area contributed by atoms with E-state index in [0.717, 1.165) is 116 Å². The lowest BCUT2D eigenvalue weighted by atomic mass is 10.1. The predicted molar refractivity (Wildman–Crippen MR) is 270 cm³/mol. The summed E-state index contributed by atoms with van der Waals surface area (Å²) in [4.78, 5) is 25.4. The fraction of sp³-hybridized carbons (Fsp3) is 0.684. The maximum atomic E-state index is 12.8. The Balaban J connectivity index is 4.36. The van der Waals surface area contributed by atoms with E-state index in [1.54, 1.807) is 0 Å². The van der Waals surface area contributed by atoms with Gasteiger partial charge in [0.25, 0.3) is 0 Å². The lowest BCUT2D eigenvalue weighted by molar-refractivity contribution is -0.163. The van der Waals surface area contributed by atoms with Crippen LogP contribution in [0.5, 0.6) is 0 Å². The summed E-state index contributed by atoms with van der Waals surface area (Å²) in [7, 11) is 0. The van der Waals surface area contributed by atoms with E-state index in [1.807, 2.05) is 0 Å². The minimum Gasteiger partial charge on any atom is -0.462 e. The third-order valence-corrected chi connectivity index (χ3v) is 10.6. The van der Waals surface area contributed by atoms with Crippen molar-refractivity contribution in [3.8, 4) is 0 Å². The second-order valence-corrected chi connectivity index (χ2v) is 16.7. The van der Waals surface area contributed by atoms with Crippen LogP contribution in [0.2, 0.25) is 0 Å². The van der Waals surface area contributed by atoms with Gasteiger partial charge in [-0.25, -0.2) is 0 Å². The van der Waals surface area contributed by atoms with Crippen LogP contribution in [0.1, 0.15) is 226 Å². The van der Waals surface area contributed by atoms with Crippen LogP contribution in [-0.4, -0.2) is 37.9 Å². The molecule has 354 valence electrons. The molecule has 0 aromatic rings. The molecule has 0 N–H and O–H groups in total. The number of carbonyl (C=O) groups excluding carboxylic acids is 2. The summed E-state index contributed by atoms with van der Waals surface area (Å²) in [6, 6.07) is 0. The van der Waals surface area contributed by atoms with Crippen molar-refractivity contribution in [1.82, 2.24) is 0 Å².